The second-order valence-electron chi connectivity index (χ2n) is 4.15. The van der Waals surface area contributed by atoms with Gasteiger partial charge in [0.05, 0.1) is 24.0 Å². The lowest BCUT2D eigenvalue weighted by molar-refractivity contribution is -0.0478. The van der Waals surface area contributed by atoms with Gasteiger partial charge in [-0.2, -0.15) is 0 Å². The van der Waals surface area contributed by atoms with Crippen molar-refractivity contribution in [2.45, 2.75) is 12.5 Å². The van der Waals surface area contributed by atoms with Crippen molar-refractivity contribution in [2.75, 3.05) is 13.2 Å². The fraction of sp³-hybridized carbons (Fsp3) is 0.333. The van der Waals surface area contributed by atoms with Crippen LogP contribution in [0.1, 0.15) is 5.82 Å². The monoisotopic (exact) mass is 269 g/mol. The Kier molecular flexibility index (Phi) is 3.87. The van der Waals surface area contributed by atoms with Gasteiger partial charge in [-0.05, 0) is 12.1 Å². The summed E-state index contributed by atoms with van der Waals surface area (Å²) < 4.78 is 25.6. The van der Waals surface area contributed by atoms with Gasteiger partial charge >= 0.3 is 0 Å². The summed E-state index contributed by atoms with van der Waals surface area (Å²) in [6, 6.07) is 6.78. The molecule has 102 valence electrons. The van der Waals surface area contributed by atoms with Gasteiger partial charge < -0.3 is 15.4 Å². The van der Waals surface area contributed by atoms with Crippen LogP contribution in [-0.4, -0.2) is 34.1 Å². The van der Waals surface area contributed by atoms with Crippen molar-refractivity contribution >= 4 is 10.9 Å². The Hall–Kier alpha value is -1.86. The van der Waals surface area contributed by atoms with Crippen molar-refractivity contribution < 1.29 is 13.9 Å². The molecule has 19 heavy (non-hydrogen) atoms. The minimum Gasteiger partial charge on any atom is -0.390 e. The van der Waals surface area contributed by atoms with Gasteiger partial charge in [-0.1, -0.05) is 12.1 Å². The number of hydrogen-bond acceptors (Lipinski definition) is 4. The molecule has 1 aromatic heterocycles. The van der Waals surface area contributed by atoms with Gasteiger partial charge in [0.15, 0.2) is 0 Å². The van der Waals surface area contributed by atoms with Crippen LogP contribution in [0.2, 0.25) is 0 Å². The number of aliphatic hydroxyl groups is 1. The molecule has 0 fully saturated rings. The number of H-pyrrole nitrogens is 1. The summed E-state index contributed by atoms with van der Waals surface area (Å²) in [6.07, 6.45) is 0. The van der Waals surface area contributed by atoms with Crippen LogP contribution in [0.15, 0.2) is 29.1 Å². The molecule has 0 spiro atoms. The predicted molar refractivity (Wildman–Crippen MR) is 66.1 cm³/mol. The van der Waals surface area contributed by atoms with Crippen LogP contribution >= 0.6 is 0 Å². The molecule has 0 saturated carbocycles. The van der Waals surface area contributed by atoms with Crippen LogP contribution in [0.3, 0.4) is 0 Å². The Labute approximate surface area is 107 Å². The molecule has 0 unspecified atom stereocenters. The SMILES string of the molecule is O=c1[nH]c(CNCC(F)(F)CO)nc2ccccc12. The van der Waals surface area contributed by atoms with Gasteiger partial charge in [0.25, 0.3) is 11.5 Å². The molecule has 2 aromatic rings. The summed E-state index contributed by atoms with van der Waals surface area (Å²) in [5, 5.41) is 11.3. The molecule has 0 radical (unpaired) electrons. The van der Waals surface area contributed by atoms with Crippen LogP contribution in [0.25, 0.3) is 10.9 Å². The molecule has 0 amide bonds. The Balaban J connectivity index is 2.12. The highest BCUT2D eigenvalue weighted by Gasteiger charge is 2.26. The van der Waals surface area contributed by atoms with Gasteiger partial charge in [0, 0.05) is 0 Å². The molecule has 3 N–H and O–H groups in total. The van der Waals surface area contributed by atoms with E-state index < -0.39 is 19.1 Å². The van der Waals surface area contributed by atoms with Crippen LogP contribution in [0, 0.1) is 0 Å². The first kappa shape index (κ1) is 13.6. The van der Waals surface area contributed by atoms with Crippen LogP contribution in [-0.2, 0) is 6.54 Å². The number of hydrogen-bond donors (Lipinski definition) is 3. The highest BCUT2D eigenvalue weighted by atomic mass is 19.3. The number of aliphatic hydroxyl groups excluding tert-OH is 1. The molecule has 1 heterocycles. The van der Waals surface area contributed by atoms with Gasteiger partial charge in [-0.25, -0.2) is 13.8 Å². The number of halogens is 2. The molecule has 0 aliphatic rings. The van der Waals surface area contributed by atoms with E-state index in [0.717, 1.165) is 0 Å². The van der Waals surface area contributed by atoms with Crippen LogP contribution < -0.4 is 10.9 Å². The standard InChI is InChI=1S/C12H13F2N3O2/c13-12(14,7-18)6-15-5-10-16-9-4-2-1-3-8(9)11(19)17-10/h1-4,15,18H,5-7H2,(H,16,17,19). The highest BCUT2D eigenvalue weighted by molar-refractivity contribution is 5.77. The first-order chi connectivity index (χ1) is 9.02. The van der Waals surface area contributed by atoms with Crippen molar-refractivity contribution in [1.82, 2.24) is 15.3 Å². The number of para-hydroxylation sites is 1. The third kappa shape index (κ3) is 3.33. The lowest BCUT2D eigenvalue weighted by Crippen LogP contribution is -2.36. The number of aromatic nitrogens is 2. The van der Waals surface area contributed by atoms with Gasteiger partial charge in [-0.15, -0.1) is 0 Å². The van der Waals surface area contributed by atoms with Crippen molar-refractivity contribution in [2.24, 2.45) is 0 Å². The van der Waals surface area contributed by atoms with E-state index in [4.69, 9.17) is 5.11 Å². The fourth-order valence-electron chi connectivity index (χ4n) is 1.64. The van der Waals surface area contributed by atoms with Crippen LogP contribution in [0.4, 0.5) is 8.78 Å². The minimum atomic E-state index is -3.18. The summed E-state index contributed by atoms with van der Waals surface area (Å²) in [5.74, 6) is -2.91. The van der Waals surface area contributed by atoms with Crippen molar-refractivity contribution in [3.05, 3.63) is 40.4 Å². The second-order valence-corrected chi connectivity index (χ2v) is 4.15. The zero-order valence-electron chi connectivity index (χ0n) is 9.99. The maximum Gasteiger partial charge on any atom is 0.282 e. The van der Waals surface area contributed by atoms with Crippen molar-refractivity contribution in [1.29, 1.82) is 0 Å². The number of rotatable bonds is 5. The summed E-state index contributed by atoms with van der Waals surface area (Å²) in [7, 11) is 0. The highest BCUT2D eigenvalue weighted by Crippen LogP contribution is 2.10. The average Bonchev–Trinajstić information content (AvgIpc) is 2.39. The Morgan fingerprint density at radius 1 is 1.37 bits per heavy atom. The number of nitrogens with one attached hydrogen (secondary N) is 2. The van der Waals surface area contributed by atoms with Crippen molar-refractivity contribution in [3.8, 4) is 0 Å². The number of aromatic amines is 1. The predicted octanol–water partition coefficient (Wildman–Crippen LogP) is 0.640. The molecule has 1 aromatic carbocycles. The molecule has 5 nitrogen and oxygen atoms in total. The number of nitrogens with zero attached hydrogens (tertiary/aromatic N) is 1. The molecule has 7 heteroatoms. The number of alkyl halides is 2. The number of fused-ring (bicyclic) bond motifs is 1. The largest absolute Gasteiger partial charge is 0.390 e. The van der Waals surface area contributed by atoms with E-state index in [1.54, 1.807) is 24.3 Å². The zero-order chi connectivity index (χ0) is 13.9. The van der Waals surface area contributed by atoms with Gasteiger partial charge in [0.2, 0.25) is 0 Å². The zero-order valence-corrected chi connectivity index (χ0v) is 9.99. The van der Waals surface area contributed by atoms with E-state index in [9.17, 15) is 13.6 Å². The first-order valence-electron chi connectivity index (χ1n) is 5.69. The fourth-order valence-corrected chi connectivity index (χ4v) is 1.64. The normalized spacial score (nSPS) is 11.9. The quantitative estimate of drug-likeness (QED) is 0.744. The van der Waals surface area contributed by atoms with E-state index in [0.29, 0.717) is 10.9 Å². The lowest BCUT2D eigenvalue weighted by Gasteiger charge is -2.13. The average molecular weight is 269 g/mol. The topological polar surface area (TPSA) is 78.0 Å². The maximum atomic E-state index is 12.8. The minimum absolute atomic E-state index is 0.00430. The summed E-state index contributed by atoms with van der Waals surface area (Å²) in [5.41, 5.74) is 0.202. The summed E-state index contributed by atoms with van der Waals surface area (Å²) >= 11 is 0. The third-order valence-electron chi connectivity index (χ3n) is 2.57. The molecule has 0 atom stereocenters. The van der Waals surface area contributed by atoms with Crippen molar-refractivity contribution in [3.63, 3.8) is 0 Å². The number of benzene rings is 1. The Morgan fingerprint density at radius 3 is 2.84 bits per heavy atom. The Bertz CT molecular complexity index is 628. The second kappa shape index (κ2) is 5.41. The van der Waals surface area contributed by atoms with Crippen LogP contribution in [0.5, 0.6) is 0 Å². The molecule has 0 aliphatic heterocycles. The van der Waals surface area contributed by atoms with Gasteiger partial charge in [0.1, 0.15) is 12.4 Å². The third-order valence-corrected chi connectivity index (χ3v) is 2.57. The van der Waals surface area contributed by atoms with Gasteiger partial charge in [-0.3, -0.25) is 4.79 Å². The molecule has 2 rings (SSSR count). The molecular weight excluding hydrogens is 256 g/mol. The molecule has 0 saturated heterocycles. The van der Waals surface area contributed by atoms with E-state index in [1.807, 2.05) is 0 Å². The van der Waals surface area contributed by atoms with E-state index in [1.165, 1.54) is 0 Å². The van der Waals surface area contributed by atoms with E-state index in [2.05, 4.69) is 15.3 Å². The smallest absolute Gasteiger partial charge is 0.282 e. The Morgan fingerprint density at radius 2 is 2.11 bits per heavy atom. The molecular formula is C12H13F2N3O2. The molecule has 0 bridgehead atoms. The molecule has 0 aliphatic carbocycles. The van der Waals surface area contributed by atoms with E-state index >= 15 is 0 Å². The van der Waals surface area contributed by atoms with E-state index in [-0.39, 0.29) is 17.9 Å². The summed E-state index contributed by atoms with van der Waals surface area (Å²) in [4.78, 5) is 18.4. The summed E-state index contributed by atoms with van der Waals surface area (Å²) in [6.45, 7) is -1.91. The lowest BCUT2D eigenvalue weighted by atomic mass is 10.2. The first-order valence-corrected chi connectivity index (χ1v) is 5.69. The maximum absolute atomic E-state index is 12.8.